The molecule has 1 saturated carbocycles. The molecule has 0 amide bonds. The molecule has 0 bridgehead atoms. The van der Waals surface area contributed by atoms with Gasteiger partial charge in [-0.15, -0.1) is 0 Å². The highest BCUT2D eigenvalue weighted by molar-refractivity contribution is 5.35. The monoisotopic (exact) mass is 273 g/mol. The summed E-state index contributed by atoms with van der Waals surface area (Å²) in [6.45, 7) is -0.765. The van der Waals surface area contributed by atoms with Crippen molar-refractivity contribution in [1.82, 2.24) is 9.55 Å². The first-order valence-electron chi connectivity index (χ1n) is 5.56. The van der Waals surface area contributed by atoms with Gasteiger partial charge in [0.25, 0.3) is 0 Å². The number of aromatic nitrogens is 2. The van der Waals surface area contributed by atoms with E-state index in [2.05, 4.69) is 4.98 Å². The quantitative estimate of drug-likeness (QED) is 0.469. The first kappa shape index (κ1) is 12.5. The van der Waals surface area contributed by atoms with Crippen molar-refractivity contribution in [3.05, 3.63) is 22.7 Å². The van der Waals surface area contributed by atoms with E-state index in [1.807, 2.05) is 0 Å². The lowest BCUT2D eigenvalue weighted by Gasteiger charge is -2.21. The molecule has 3 rings (SSSR count). The van der Waals surface area contributed by atoms with E-state index in [9.17, 15) is 19.4 Å². The fraction of sp³-hybridized carbons (Fsp3) is 0.600. The predicted molar refractivity (Wildman–Crippen MR) is 58.7 cm³/mol. The number of aliphatic hydroxyl groups excluding tert-OH is 2. The summed E-state index contributed by atoms with van der Waals surface area (Å²) in [5.41, 5.74) is 0.453. The number of alkyl halides is 1. The third-order valence-electron chi connectivity index (χ3n) is 3.82. The molecule has 0 radical (unpaired) electrons. The maximum Gasteiger partial charge on any atom is 0.351 e. The molecule has 2 heterocycles. The number of anilines is 1. The van der Waals surface area contributed by atoms with Gasteiger partial charge in [0.2, 0.25) is 0 Å². The molecule has 5 atom stereocenters. The van der Waals surface area contributed by atoms with E-state index in [-0.39, 0.29) is 5.82 Å². The van der Waals surface area contributed by atoms with Crippen LogP contribution >= 0.6 is 0 Å². The summed E-state index contributed by atoms with van der Waals surface area (Å²) < 4.78 is 20.2. The molecular weight excluding hydrogens is 261 g/mol. The van der Waals surface area contributed by atoms with E-state index in [1.54, 1.807) is 0 Å². The fourth-order valence-corrected chi connectivity index (χ4v) is 2.60. The Morgan fingerprint density at radius 1 is 1.63 bits per heavy atom. The number of nitrogen functional groups attached to an aromatic ring is 1. The minimum Gasteiger partial charge on any atom is -0.393 e. The second-order valence-corrected chi connectivity index (χ2v) is 4.73. The van der Waals surface area contributed by atoms with Crippen molar-refractivity contribution in [2.45, 2.75) is 29.7 Å². The Bertz CT molecular complexity index is 591. The number of hydrogen-bond acceptors (Lipinski definition) is 7. The van der Waals surface area contributed by atoms with Crippen LogP contribution in [0.3, 0.4) is 0 Å². The van der Waals surface area contributed by atoms with E-state index in [0.717, 1.165) is 4.57 Å². The van der Waals surface area contributed by atoms with Crippen LogP contribution in [0.5, 0.6) is 0 Å². The molecular formula is C10H12FN3O5. The smallest absolute Gasteiger partial charge is 0.351 e. The van der Waals surface area contributed by atoms with Crippen molar-refractivity contribution in [1.29, 1.82) is 0 Å². The second-order valence-electron chi connectivity index (χ2n) is 4.73. The zero-order chi connectivity index (χ0) is 14.0. The van der Waals surface area contributed by atoms with E-state index in [4.69, 9.17) is 15.6 Å². The van der Waals surface area contributed by atoms with Gasteiger partial charge in [-0.2, -0.15) is 4.98 Å². The Balaban J connectivity index is 2.00. The van der Waals surface area contributed by atoms with Gasteiger partial charge >= 0.3 is 5.69 Å². The van der Waals surface area contributed by atoms with Gasteiger partial charge < -0.3 is 25.8 Å². The van der Waals surface area contributed by atoms with Gasteiger partial charge in [0, 0.05) is 6.20 Å². The molecule has 1 saturated heterocycles. The topological polar surface area (TPSA) is 131 Å². The van der Waals surface area contributed by atoms with Crippen LogP contribution in [0.1, 0.15) is 6.23 Å². The van der Waals surface area contributed by atoms with Crippen molar-refractivity contribution in [3.8, 4) is 0 Å². The summed E-state index contributed by atoms with van der Waals surface area (Å²) >= 11 is 0. The largest absolute Gasteiger partial charge is 0.393 e. The standard InChI is InChI=1S/C10H12FN3O5/c11-5-6(14-2-1-4(12)13-8(14)17)19-9(3-15)7(16)10(5,9)18/h1-2,5-7,15-16,18H,3H2,(H2,12,13,17)/t5-,6+,7?,9+,10+/m0/s1. The minimum atomic E-state index is -2.22. The van der Waals surface area contributed by atoms with Crippen molar-refractivity contribution in [2.75, 3.05) is 12.3 Å². The summed E-state index contributed by atoms with van der Waals surface area (Å²) in [5, 5.41) is 28.6. The number of fused-ring (bicyclic) bond motifs is 1. The summed E-state index contributed by atoms with van der Waals surface area (Å²) in [5.74, 6) is -0.0320. The third-order valence-corrected chi connectivity index (χ3v) is 3.82. The van der Waals surface area contributed by atoms with Crippen molar-refractivity contribution >= 4 is 5.82 Å². The molecule has 104 valence electrons. The summed E-state index contributed by atoms with van der Waals surface area (Å²) in [4.78, 5) is 15.0. The SMILES string of the molecule is Nc1ccn([C@@H]2O[C@]3(CO)C(O)[C@]3(O)[C@H]2F)c(=O)n1. The van der Waals surface area contributed by atoms with Crippen LogP contribution in [0, 0.1) is 0 Å². The molecule has 1 unspecified atom stereocenters. The highest BCUT2D eigenvalue weighted by Gasteiger charge is 2.88. The van der Waals surface area contributed by atoms with Crippen LogP contribution in [0.25, 0.3) is 0 Å². The van der Waals surface area contributed by atoms with Crippen LogP contribution in [0.4, 0.5) is 10.2 Å². The molecule has 0 aromatic carbocycles. The van der Waals surface area contributed by atoms with Gasteiger partial charge in [-0.05, 0) is 6.07 Å². The Morgan fingerprint density at radius 3 is 2.84 bits per heavy atom. The van der Waals surface area contributed by atoms with Crippen LogP contribution < -0.4 is 11.4 Å². The normalized spacial score (nSPS) is 44.1. The molecule has 1 aromatic rings. The number of halogens is 1. The summed E-state index contributed by atoms with van der Waals surface area (Å²) in [7, 11) is 0. The maximum absolute atomic E-state index is 14.2. The lowest BCUT2D eigenvalue weighted by atomic mass is 10.1. The Morgan fingerprint density at radius 2 is 2.32 bits per heavy atom. The first-order chi connectivity index (χ1) is 8.88. The number of nitrogens with zero attached hydrogens (tertiary/aromatic N) is 2. The average Bonchev–Trinajstić information content (AvgIpc) is 2.73. The Hall–Kier alpha value is -1.55. The molecule has 19 heavy (non-hydrogen) atoms. The van der Waals surface area contributed by atoms with E-state index in [1.165, 1.54) is 12.3 Å². The molecule has 2 aliphatic rings. The zero-order valence-electron chi connectivity index (χ0n) is 9.60. The molecule has 0 spiro atoms. The van der Waals surface area contributed by atoms with Crippen LogP contribution in [-0.4, -0.2) is 55.0 Å². The van der Waals surface area contributed by atoms with Crippen molar-refractivity contribution in [3.63, 3.8) is 0 Å². The van der Waals surface area contributed by atoms with Crippen LogP contribution in [0.15, 0.2) is 17.1 Å². The van der Waals surface area contributed by atoms with E-state index >= 15 is 0 Å². The van der Waals surface area contributed by atoms with E-state index in [0.29, 0.717) is 0 Å². The molecule has 1 aromatic heterocycles. The maximum atomic E-state index is 14.2. The number of ether oxygens (including phenoxy) is 1. The van der Waals surface area contributed by atoms with Gasteiger partial charge in [-0.25, -0.2) is 9.18 Å². The number of nitrogens with two attached hydrogens (primary N) is 1. The Labute approximate surface area is 105 Å². The summed E-state index contributed by atoms with van der Waals surface area (Å²) in [6.07, 6.45) is -3.90. The summed E-state index contributed by atoms with van der Waals surface area (Å²) in [6, 6.07) is 1.27. The van der Waals surface area contributed by atoms with Crippen LogP contribution in [-0.2, 0) is 4.74 Å². The highest BCUT2D eigenvalue weighted by Crippen LogP contribution is 2.62. The predicted octanol–water partition coefficient (Wildman–Crippen LogP) is -2.47. The number of rotatable bonds is 2. The lowest BCUT2D eigenvalue weighted by Crippen LogP contribution is -2.38. The number of hydrogen-bond donors (Lipinski definition) is 4. The van der Waals surface area contributed by atoms with Gasteiger partial charge in [-0.3, -0.25) is 4.57 Å². The van der Waals surface area contributed by atoms with E-state index < -0.39 is 42.0 Å². The van der Waals surface area contributed by atoms with Gasteiger partial charge in [0.15, 0.2) is 23.6 Å². The average molecular weight is 273 g/mol. The van der Waals surface area contributed by atoms with Crippen LogP contribution in [0.2, 0.25) is 0 Å². The highest BCUT2D eigenvalue weighted by atomic mass is 19.1. The molecule has 9 heteroatoms. The minimum absolute atomic E-state index is 0.0320. The fourth-order valence-electron chi connectivity index (χ4n) is 2.60. The van der Waals surface area contributed by atoms with Gasteiger partial charge in [0.1, 0.15) is 11.9 Å². The molecule has 1 aliphatic heterocycles. The Kier molecular flexibility index (Phi) is 2.31. The lowest BCUT2D eigenvalue weighted by molar-refractivity contribution is -0.107. The first-order valence-corrected chi connectivity index (χ1v) is 5.56. The zero-order valence-corrected chi connectivity index (χ0v) is 9.60. The van der Waals surface area contributed by atoms with Crippen molar-refractivity contribution < 1.29 is 24.4 Å². The van der Waals surface area contributed by atoms with Gasteiger partial charge in [-0.1, -0.05) is 0 Å². The van der Waals surface area contributed by atoms with Crippen molar-refractivity contribution in [2.24, 2.45) is 0 Å². The molecule has 8 nitrogen and oxygen atoms in total. The number of aliphatic hydroxyl groups is 3. The third kappa shape index (κ3) is 1.25. The molecule has 1 aliphatic carbocycles. The van der Waals surface area contributed by atoms with Gasteiger partial charge in [0.05, 0.1) is 6.61 Å². The molecule has 5 N–H and O–H groups in total. The molecule has 2 fully saturated rings. The second kappa shape index (κ2) is 3.51.